The Kier molecular flexibility index (Phi) is 4.32. The SMILES string of the molecule is CC(NC(=O)NC(C)C(C)C)c1cc2ccccc2o1. The molecule has 0 bridgehead atoms. The molecule has 2 N–H and O–H groups in total. The average Bonchev–Trinajstić information content (AvgIpc) is 2.82. The first-order valence-corrected chi connectivity index (χ1v) is 7.03. The molecule has 0 fully saturated rings. The van der Waals surface area contributed by atoms with Gasteiger partial charge in [0, 0.05) is 11.4 Å². The predicted molar refractivity (Wildman–Crippen MR) is 80.6 cm³/mol. The third-order valence-electron chi connectivity index (χ3n) is 3.58. The van der Waals surface area contributed by atoms with Crippen LogP contribution < -0.4 is 10.6 Å². The van der Waals surface area contributed by atoms with Gasteiger partial charge in [0.1, 0.15) is 11.3 Å². The Balaban J connectivity index is 2.00. The van der Waals surface area contributed by atoms with Crippen molar-refractivity contribution in [2.75, 3.05) is 0 Å². The van der Waals surface area contributed by atoms with Gasteiger partial charge < -0.3 is 15.1 Å². The first kappa shape index (κ1) is 14.4. The monoisotopic (exact) mass is 274 g/mol. The molecule has 0 aliphatic rings. The summed E-state index contributed by atoms with van der Waals surface area (Å²) in [5.41, 5.74) is 0.840. The summed E-state index contributed by atoms with van der Waals surface area (Å²) in [4.78, 5) is 11.9. The van der Waals surface area contributed by atoms with Crippen molar-refractivity contribution in [1.29, 1.82) is 0 Å². The number of hydrogen-bond acceptors (Lipinski definition) is 2. The van der Waals surface area contributed by atoms with Crippen LogP contribution in [0.3, 0.4) is 0 Å². The van der Waals surface area contributed by atoms with E-state index in [1.54, 1.807) is 0 Å². The smallest absolute Gasteiger partial charge is 0.315 e. The Labute approximate surface area is 119 Å². The third-order valence-corrected chi connectivity index (χ3v) is 3.58. The number of carbonyl (C=O) groups is 1. The van der Waals surface area contributed by atoms with Gasteiger partial charge >= 0.3 is 6.03 Å². The minimum absolute atomic E-state index is 0.137. The maximum absolute atomic E-state index is 11.9. The molecule has 108 valence electrons. The fourth-order valence-electron chi connectivity index (χ4n) is 1.90. The second-order valence-electron chi connectivity index (χ2n) is 5.56. The number of fused-ring (bicyclic) bond motifs is 1. The van der Waals surface area contributed by atoms with Crippen LogP contribution in [-0.2, 0) is 0 Å². The van der Waals surface area contributed by atoms with Gasteiger partial charge in [-0.25, -0.2) is 4.79 Å². The molecule has 2 rings (SSSR count). The largest absolute Gasteiger partial charge is 0.459 e. The highest BCUT2D eigenvalue weighted by Crippen LogP contribution is 2.23. The fourth-order valence-corrected chi connectivity index (χ4v) is 1.90. The van der Waals surface area contributed by atoms with E-state index in [2.05, 4.69) is 24.5 Å². The Morgan fingerprint density at radius 2 is 1.80 bits per heavy atom. The zero-order valence-electron chi connectivity index (χ0n) is 12.4. The lowest BCUT2D eigenvalue weighted by atomic mass is 10.1. The van der Waals surface area contributed by atoms with E-state index in [1.165, 1.54) is 0 Å². The van der Waals surface area contributed by atoms with Crippen molar-refractivity contribution in [3.63, 3.8) is 0 Å². The normalized spacial score (nSPS) is 14.2. The molecule has 0 radical (unpaired) electrons. The van der Waals surface area contributed by atoms with E-state index >= 15 is 0 Å². The van der Waals surface area contributed by atoms with Gasteiger partial charge in [-0.2, -0.15) is 0 Å². The van der Waals surface area contributed by atoms with Crippen LogP contribution >= 0.6 is 0 Å². The quantitative estimate of drug-likeness (QED) is 0.890. The van der Waals surface area contributed by atoms with Gasteiger partial charge in [-0.1, -0.05) is 32.0 Å². The highest BCUT2D eigenvalue weighted by molar-refractivity contribution is 5.78. The van der Waals surface area contributed by atoms with Crippen LogP contribution in [-0.4, -0.2) is 12.1 Å². The molecule has 0 aliphatic heterocycles. The molecule has 1 aromatic carbocycles. The minimum Gasteiger partial charge on any atom is -0.459 e. The summed E-state index contributed by atoms with van der Waals surface area (Å²) in [7, 11) is 0. The highest BCUT2D eigenvalue weighted by atomic mass is 16.3. The summed E-state index contributed by atoms with van der Waals surface area (Å²) in [6, 6.07) is 9.59. The van der Waals surface area contributed by atoms with Crippen LogP contribution in [0.25, 0.3) is 11.0 Å². The lowest BCUT2D eigenvalue weighted by molar-refractivity contribution is 0.230. The van der Waals surface area contributed by atoms with Crippen LogP contribution in [0.2, 0.25) is 0 Å². The van der Waals surface area contributed by atoms with Gasteiger partial charge in [-0.3, -0.25) is 0 Å². The maximum atomic E-state index is 11.9. The molecule has 2 amide bonds. The number of carbonyl (C=O) groups excluding carboxylic acids is 1. The van der Waals surface area contributed by atoms with E-state index in [-0.39, 0.29) is 18.1 Å². The summed E-state index contributed by atoms with van der Waals surface area (Å²) in [6.45, 7) is 8.06. The standard InChI is InChI=1S/C16H22N2O2/c1-10(2)11(3)17-16(19)18-12(4)15-9-13-7-5-6-8-14(13)20-15/h5-12H,1-4H3,(H2,17,18,19). The zero-order valence-corrected chi connectivity index (χ0v) is 12.4. The van der Waals surface area contributed by atoms with E-state index in [1.807, 2.05) is 44.2 Å². The lowest BCUT2D eigenvalue weighted by Crippen LogP contribution is -2.43. The maximum Gasteiger partial charge on any atom is 0.315 e. The van der Waals surface area contributed by atoms with Crippen molar-refractivity contribution in [2.24, 2.45) is 5.92 Å². The Hall–Kier alpha value is -1.97. The van der Waals surface area contributed by atoms with Gasteiger partial charge in [-0.05, 0) is 31.9 Å². The van der Waals surface area contributed by atoms with Crippen LogP contribution in [0.15, 0.2) is 34.7 Å². The molecule has 2 unspecified atom stereocenters. The van der Waals surface area contributed by atoms with Crippen molar-refractivity contribution in [3.8, 4) is 0 Å². The fraction of sp³-hybridized carbons (Fsp3) is 0.438. The van der Waals surface area contributed by atoms with Gasteiger partial charge in [-0.15, -0.1) is 0 Å². The summed E-state index contributed by atoms with van der Waals surface area (Å²) in [5.74, 6) is 1.17. The first-order valence-electron chi connectivity index (χ1n) is 7.03. The number of rotatable bonds is 4. The van der Waals surface area contributed by atoms with E-state index in [0.29, 0.717) is 5.92 Å². The van der Waals surface area contributed by atoms with E-state index in [9.17, 15) is 4.79 Å². The molecule has 0 saturated carbocycles. The molecule has 0 spiro atoms. The summed E-state index contributed by atoms with van der Waals surface area (Å²) < 4.78 is 5.74. The van der Waals surface area contributed by atoms with Crippen LogP contribution in [0, 0.1) is 5.92 Å². The molecule has 20 heavy (non-hydrogen) atoms. The average molecular weight is 274 g/mol. The van der Waals surface area contributed by atoms with Crippen LogP contribution in [0.4, 0.5) is 4.79 Å². The van der Waals surface area contributed by atoms with Crippen molar-refractivity contribution in [2.45, 2.75) is 39.8 Å². The third kappa shape index (κ3) is 3.32. The molecule has 0 saturated heterocycles. The van der Waals surface area contributed by atoms with Gasteiger partial charge in [0.05, 0.1) is 6.04 Å². The van der Waals surface area contributed by atoms with Crippen molar-refractivity contribution in [3.05, 3.63) is 36.1 Å². The predicted octanol–water partition coefficient (Wildman–Crippen LogP) is 3.84. The van der Waals surface area contributed by atoms with Crippen LogP contribution in [0.5, 0.6) is 0 Å². The van der Waals surface area contributed by atoms with E-state index < -0.39 is 0 Å². The van der Waals surface area contributed by atoms with E-state index in [0.717, 1.165) is 16.7 Å². The van der Waals surface area contributed by atoms with Gasteiger partial charge in [0.25, 0.3) is 0 Å². The number of amides is 2. The van der Waals surface area contributed by atoms with Gasteiger partial charge in [0.2, 0.25) is 0 Å². The van der Waals surface area contributed by atoms with Crippen molar-refractivity contribution < 1.29 is 9.21 Å². The number of hydrogen-bond donors (Lipinski definition) is 2. The second kappa shape index (κ2) is 5.99. The lowest BCUT2D eigenvalue weighted by Gasteiger charge is -2.19. The summed E-state index contributed by atoms with van der Waals surface area (Å²) >= 11 is 0. The molecular formula is C16H22N2O2. The first-order chi connectivity index (χ1) is 9.47. The molecule has 1 aromatic heterocycles. The summed E-state index contributed by atoms with van der Waals surface area (Å²) in [5, 5.41) is 6.87. The number of nitrogens with one attached hydrogen (secondary N) is 2. The van der Waals surface area contributed by atoms with Crippen molar-refractivity contribution >= 4 is 17.0 Å². The van der Waals surface area contributed by atoms with Gasteiger partial charge in [0.15, 0.2) is 0 Å². The molecule has 4 nitrogen and oxygen atoms in total. The highest BCUT2D eigenvalue weighted by Gasteiger charge is 2.16. The topological polar surface area (TPSA) is 54.3 Å². The Bertz CT molecular complexity index is 556. The molecule has 1 heterocycles. The number of para-hydroxylation sites is 1. The molecule has 2 atom stereocenters. The summed E-state index contributed by atoms with van der Waals surface area (Å²) in [6.07, 6.45) is 0. The van der Waals surface area contributed by atoms with Crippen molar-refractivity contribution in [1.82, 2.24) is 10.6 Å². The van der Waals surface area contributed by atoms with Crippen LogP contribution in [0.1, 0.15) is 39.5 Å². The zero-order chi connectivity index (χ0) is 14.7. The number of furan rings is 1. The second-order valence-corrected chi connectivity index (χ2v) is 5.56. The molecule has 0 aliphatic carbocycles. The number of benzene rings is 1. The number of urea groups is 1. The Morgan fingerprint density at radius 3 is 2.45 bits per heavy atom. The molecule has 4 heteroatoms. The minimum atomic E-state index is -0.167. The van der Waals surface area contributed by atoms with E-state index in [4.69, 9.17) is 4.42 Å². The molecule has 2 aromatic rings. The Morgan fingerprint density at radius 1 is 1.10 bits per heavy atom. The molecular weight excluding hydrogens is 252 g/mol.